The van der Waals surface area contributed by atoms with Crippen molar-refractivity contribution in [2.75, 3.05) is 25.6 Å². The van der Waals surface area contributed by atoms with Gasteiger partial charge in [0.25, 0.3) is 0 Å². The molecule has 11 aromatic rings. The topological polar surface area (TPSA) is 75.2 Å². The van der Waals surface area contributed by atoms with Crippen molar-refractivity contribution in [3.05, 3.63) is 340 Å². The second-order valence-electron chi connectivity index (χ2n) is 38.5. The Morgan fingerprint density at radius 1 is 0.385 bits per heavy atom. The van der Waals surface area contributed by atoms with Gasteiger partial charge in [-0.25, -0.2) is 4.39 Å². The summed E-state index contributed by atoms with van der Waals surface area (Å²) < 4.78 is 46.7. The van der Waals surface area contributed by atoms with E-state index in [2.05, 4.69) is 287 Å². The van der Waals surface area contributed by atoms with E-state index in [-0.39, 0.29) is 5.82 Å². The second-order valence-corrected chi connectivity index (χ2v) is 38.5. The van der Waals surface area contributed by atoms with Gasteiger partial charge in [-0.1, -0.05) is 340 Å². The number of methoxy groups -OCH3 is 1. The first-order chi connectivity index (χ1) is 63.7. The molecule has 6 heterocycles. The summed E-state index contributed by atoms with van der Waals surface area (Å²) in [5, 5.41) is 3.55. The maximum Gasteiger partial charge on any atom is 0.134 e. The minimum Gasteiger partial charge on any atom is -0.497 e. The second kappa shape index (κ2) is 56.0. The van der Waals surface area contributed by atoms with E-state index in [4.69, 9.17) is 27.8 Å². The number of rotatable bonds is 16. The molecule has 0 radical (unpaired) electrons. The van der Waals surface area contributed by atoms with Crippen molar-refractivity contribution in [2.45, 2.75) is 330 Å². The Kier molecular flexibility index (Phi) is 43.6. The van der Waals surface area contributed by atoms with Crippen molar-refractivity contribution in [1.82, 2.24) is 0 Å². The van der Waals surface area contributed by atoms with E-state index in [1.165, 1.54) is 243 Å². The summed E-state index contributed by atoms with van der Waals surface area (Å²) in [5.41, 5.74) is 18.3. The Morgan fingerprint density at radius 2 is 0.908 bits per heavy atom. The number of anilines is 1. The highest BCUT2D eigenvalue weighted by Gasteiger charge is 2.30. The van der Waals surface area contributed by atoms with Crippen LogP contribution < -0.4 is 14.8 Å². The van der Waals surface area contributed by atoms with Gasteiger partial charge in [0.1, 0.15) is 34.6 Å². The fraction of sp³-hybridized carbons (Fsp3) is 0.492. The van der Waals surface area contributed by atoms with Crippen molar-refractivity contribution in [2.24, 2.45) is 35.5 Å². The number of hydrogen-bond acceptors (Lipinski definition) is 7. The average molecular weight is 1760 g/mol. The third-order valence-electron chi connectivity index (χ3n) is 29.3. The lowest BCUT2D eigenvalue weighted by molar-refractivity contribution is 0.107. The number of benzene rings is 9. The van der Waals surface area contributed by atoms with Crippen LogP contribution in [0, 0.1) is 48.2 Å². The predicted octanol–water partition coefficient (Wildman–Crippen LogP) is 34.0. The number of aryl methyl sites for hydroxylation is 5. The lowest BCUT2D eigenvalue weighted by atomic mass is 9.77. The summed E-state index contributed by atoms with van der Waals surface area (Å²) in [7, 11) is 1.72. The predicted molar refractivity (Wildman–Crippen MR) is 546 cm³/mol. The summed E-state index contributed by atoms with van der Waals surface area (Å²) in [6, 6.07) is 88.8. The molecule has 4 aliphatic heterocycles. The molecule has 7 nitrogen and oxygen atoms in total. The molecule has 9 aromatic carbocycles. The first-order valence-electron chi connectivity index (χ1n) is 51.3. The highest BCUT2D eigenvalue weighted by molar-refractivity contribution is 5.58. The summed E-state index contributed by atoms with van der Waals surface area (Å²) in [5.74, 6) is 13.2. The first-order valence-corrected chi connectivity index (χ1v) is 51.3. The van der Waals surface area contributed by atoms with Crippen LogP contribution in [0.1, 0.15) is 332 Å². The number of nitrogens with one attached hydrogen (secondary N) is 1. The average Bonchev–Trinajstić information content (AvgIpc) is 1.68. The summed E-state index contributed by atoms with van der Waals surface area (Å²) in [4.78, 5) is 0. The van der Waals surface area contributed by atoms with Gasteiger partial charge in [0.05, 0.1) is 44.9 Å². The van der Waals surface area contributed by atoms with Gasteiger partial charge in [-0.15, -0.1) is 0 Å². The third kappa shape index (κ3) is 32.9. The van der Waals surface area contributed by atoms with Crippen LogP contribution >= 0.6 is 0 Å². The van der Waals surface area contributed by atoms with Crippen molar-refractivity contribution in [1.29, 1.82) is 0 Å². The van der Waals surface area contributed by atoms with Crippen molar-refractivity contribution in [3.8, 4) is 22.8 Å². The summed E-state index contributed by atoms with van der Waals surface area (Å²) >= 11 is 0. The van der Waals surface area contributed by atoms with E-state index < -0.39 is 0 Å². The molecule has 5 fully saturated rings. The SMILES string of the molecule is CC1Cc2ccccc2C1.CCC1CC(c2ccccc2)CO1.CCC1CCCC(c2ccc(C)o2)C1.CCC1CCCC(c2ccc(OC)cc2)C1.CCC1CCCC(c2cccc(F)c2)C1.CCC1CCc2ccccc2C1.CCC1CCc2ccccc2N1.CCC1CCc2ccccc2O1.CCC1COC(c2ccccc2)C1.CCc1coc(-c2ccccc2)c1. The standard InChI is InChI=1S/C15H22O.C14H19F.C13H20O.2C12H16O.C12H12O.C12H16.C11H15N.C11H14O.C10H12/c1-3-12-5-4-6-14(11-12)13-7-9-15(16-2)10-8-13;1-2-11-5-3-6-12(9-11)13-7-4-8-14(15)10-13;1-3-11-5-4-6-12(9-11)13-8-7-10(2)14-13;1-2-12-8-11(9-13-12)10-6-4-3-5-7-10;2*1-2-10-8-12(13-9-10)11-6-4-3-5-7-11;1-2-10-7-8-11-5-3-4-6-12(11)9-10;2*1-2-10-8-7-9-5-3-4-6-11(9)12-10;1-8-6-9-4-2-3-5-10(9)7-8/h7-10,12,14H,3-6,11H2,1-2H3;4,7-8,10-12H,2-3,5-6,9H2,1H3;7-8,11-12H,3-6,9H2,1-2H3;3-7,11-12H,2,8-9H2,1H3;3-7,10,12H,2,8-9H2,1H3;3-9H,2H2,1H3;3-6,10H,2,7-9H2,1H3;3-6,10,12H,2,7-8H2,1H3;3-6,10H,2,7-8H2,1H3;2-5,8H,6-7H2,1H3. The Hall–Kier alpha value is -9.21. The smallest absolute Gasteiger partial charge is 0.134 e. The maximum atomic E-state index is 13.1. The van der Waals surface area contributed by atoms with Crippen LogP contribution in [0.25, 0.3) is 11.3 Å². The number of fused-ring (bicyclic) bond motifs is 4. The molecular formula is C122H162FNO6. The molecule has 8 heteroatoms. The van der Waals surface area contributed by atoms with Gasteiger partial charge in [-0.2, -0.15) is 0 Å². The van der Waals surface area contributed by atoms with Gasteiger partial charge in [0.2, 0.25) is 0 Å². The zero-order chi connectivity index (χ0) is 91.4. The van der Waals surface area contributed by atoms with E-state index in [1.807, 2.05) is 43.5 Å². The fourth-order valence-corrected chi connectivity index (χ4v) is 20.7. The quantitative estimate of drug-likeness (QED) is 0.103. The highest BCUT2D eigenvalue weighted by Crippen LogP contribution is 2.42. The Bertz CT molecular complexity index is 4660. The molecule has 0 bridgehead atoms. The van der Waals surface area contributed by atoms with Gasteiger partial charge in [0, 0.05) is 29.1 Å². The minimum absolute atomic E-state index is 0.0916. The summed E-state index contributed by atoms with van der Waals surface area (Å²) in [6.45, 7) is 26.4. The highest BCUT2D eigenvalue weighted by atomic mass is 19.1. The van der Waals surface area contributed by atoms with E-state index >= 15 is 0 Å². The van der Waals surface area contributed by atoms with E-state index in [0.29, 0.717) is 42.1 Å². The third-order valence-corrected chi connectivity index (χ3v) is 29.3. The molecule has 2 aromatic heterocycles. The molecule has 130 heavy (non-hydrogen) atoms. The zero-order valence-corrected chi connectivity index (χ0v) is 81.8. The van der Waals surface area contributed by atoms with Crippen molar-refractivity contribution < 1.29 is 32.2 Å². The molecule has 0 amide bonds. The molecule has 2 saturated heterocycles. The van der Waals surface area contributed by atoms with Crippen LogP contribution in [-0.4, -0.2) is 38.6 Å². The zero-order valence-electron chi connectivity index (χ0n) is 81.8. The van der Waals surface area contributed by atoms with Crippen molar-refractivity contribution >= 4 is 5.69 Å². The lowest BCUT2D eigenvalue weighted by Crippen LogP contribution is -2.24. The molecule has 1 N–H and O–H groups in total. The normalized spacial score (nSPS) is 23.0. The minimum atomic E-state index is -0.0916. The first kappa shape index (κ1) is 101. The Morgan fingerprint density at radius 3 is 1.47 bits per heavy atom. The molecule has 5 aliphatic carbocycles. The number of hydrogen-bond donors (Lipinski definition) is 1. The monoisotopic (exact) mass is 1760 g/mol. The van der Waals surface area contributed by atoms with Gasteiger partial charge >= 0.3 is 0 Å². The van der Waals surface area contributed by atoms with Gasteiger partial charge in [-0.05, 0) is 305 Å². The number of furan rings is 2. The molecule has 3 saturated carbocycles. The molecule has 9 aliphatic rings. The van der Waals surface area contributed by atoms with Gasteiger partial charge < -0.3 is 33.1 Å². The number of ether oxygens (including phenoxy) is 4. The number of para-hydroxylation sites is 2. The fourth-order valence-electron chi connectivity index (χ4n) is 20.7. The number of halogens is 1. The van der Waals surface area contributed by atoms with Gasteiger partial charge in [0.15, 0.2) is 0 Å². The molecule has 20 rings (SSSR count). The Balaban J connectivity index is 0.000000140. The molecule has 0 spiro atoms. The lowest BCUT2D eigenvalue weighted by Gasteiger charge is -2.28. The van der Waals surface area contributed by atoms with Gasteiger partial charge in [-0.3, -0.25) is 0 Å². The van der Waals surface area contributed by atoms with E-state index in [1.54, 1.807) is 35.4 Å². The summed E-state index contributed by atoms with van der Waals surface area (Å²) in [6.07, 6.45) is 44.2. The van der Waals surface area contributed by atoms with E-state index in [9.17, 15) is 4.39 Å². The van der Waals surface area contributed by atoms with Crippen molar-refractivity contribution in [3.63, 3.8) is 0 Å². The van der Waals surface area contributed by atoms with Crippen LogP contribution in [-0.2, 0) is 54.4 Å². The van der Waals surface area contributed by atoms with Crippen LogP contribution in [0.2, 0.25) is 0 Å². The van der Waals surface area contributed by atoms with E-state index in [0.717, 1.165) is 102 Å². The van der Waals surface area contributed by atoms with Crippen LogP contribution in [0.3, 0.4) is 0 Å². The Labute approximate surface area is 786 Å². The largest absolute Gasteiger partial charge is 0.497 e. The molecule has 13 atom stereocenters. The van der Waals surface area contributed by atoms with Crippen LogP contribution in [0.4, 0.5) is 10.1 Å². The molecular weight excluding hydrogens is 1590 g/mol. The van der Waals surface area contributed by atoms with Crippen LogP contribution in [0.5, 0.6) is 11.5 Å². The molecule has 13 unspecified atom stereocenters. The maximum absolute atomic E-state index is 13.1. The van der Waals surface area contributed by atoms with Crippen LogP contribution in [0.15, 0.2) is 270 Å². The molecule has 698 valence electrons.